The van der Waals surface area contributed by atoms with Gasteiger partial charge in [0.15, 0.2) is 6.61 Å². The van der Waals surface area contributed by atoms with E-state index in [1.54, 1.807) is 31.2 Å². The summed E-state index contributed by atoms with van der Waals surface area (Å²) in [6, 6.07) is 14.0. The Morgan fingerprint density at radius 2 is 1.88 bits per heavy atom. The normalized spacial score (nSPS) is 11.2. The largest absolute Gasteiger partial charge is 0.482 e. The van der Waals surface area contributed by atoms with Crippen molar-refractivity contribution in [3.05, 3.63) is 65.4 Å². The summed E-state index contributed by atoms with van der Waals surface area (Å²) in [5.74, 6) is -0.0881. The molecule has 3 aromatic rings. The second kappa shape index (κ2) is 8.21. The van der Waals surface area contributed by atoms with Gasteiger partial charge in [-0.3, -0.25) is 0 Å². The zero-order valence-corrected chi connectivity index (χ0v) is 14.5. The molecule has 26 heavy (non-hydrogen) atoms. The monoisotopic (exact) mass is 371 g/mol. The minimum atomic E-state index is -0.607. The lowest BCUT2D eigenvalue weighted by molar-refractivity contribution is -0.146. The summed E-state index contributed by atoms with van der Waals surface area (Å²) in [5.41, 5.74) is 2.15. The van der Waals surface area contributed by atoms with E-state index in [0.29, 0.717) is 16.5 Å². The van der Waals surface area contributed by atoms with Crippen molar-refractivity contribution in [1.82, 2.24) is 20.2 Å². The summed E-state index contributed by atoms with van der Waals surface area (Å²) < 4.78 is 6.83. The maximum Gasteiger partial charge on any atom is 0.372 e. The second-order valence-corrected chi connectivity index (χ2v) is 5.62. The number of halogens is 1. The van der Waals surface area contributed by atoms with Gasteiger partial charge in [-0.2, -0.15) is 0 Å². The lowest BCUT2D eigenvalue weighted by Crippen LogP contribution is -2.13. The topological polar surface area (TPSA) is 91.5 Å². The van der Waals surface area contributed by atoms with E-state index in [4.69, 9.17) is 21.2 Å². The highest BCUT2D eigenvalue weighted by Crippen LogP contribution is 2.15. The fourth-order valence-electron chi connectivity index (χ4n) is 2.01. The highest BCUT2D eigenvalue weighted by molar-refractivity contribution is 6.30. The average Bonchev–Trinajstić information content (AvgIpc) is 3.20. The van der Waals surface area contributed by atoms with Crippen molar-refractivity contribution < 1.29 is 14.4 Å². The summed E-state index contributed by atoms with van der Waals surface area (Å²) in [6.45, 7) is 1.48. The number of oxime groups is 1. The maximum absolute atomic E-state index is 11.7. The van der Waals surface area contributed by atoms with Crippen LogP contribution in [-0.2, 0) is 9.63 Å². The first-order valence-electron chi connectivity index (χ1n) is 7.58. The molecule has 0 radical (unpaired) electrons. The molecule has 0 N–H and O–H groups in total. The van der Waals surface area contributed by atoms with Gasteiger partial charge in [-0.05, 0) is 59.3 Å². The number of hydrogen-bond donors (Lipinski definition) is 0. The lowest BCUT2D eigenvalue weighted by atomic mass is 10.1. The van der Waals surface area contributed by atoms with E-state index < -0.39 is 5.97 Å². The van der Waals surface area contributed by atoms with Crippen LogP contribution in [0.1, 0.15) is 12.5 Å². The minimum absolute atomic E-state index is 0.253. The minimum Gasteiger partial charge on any atom is -0.482 e. The predicted octanol–water partition coefficient (Wildman–Crippen LogP) is 2.66. The van der Waals surface area contributed by atoms with E-state index in [1.165, 1.54) is 11.0 Å². The van der Waals surface area contributed by atoms with Crippen LogP contribution in [0, 0.1) is 0 Å². The Balaban J connectivity index is 1.54. The number of hydrogen-bond acceptors (Lipinski definition) is 7. The third-order valence-corrected chi connectivity index (χ3v) is 3.61. The molecule has 8 nitrogen and oxygen atoms in total. The van der Waals surface area contributed by atoms with Gasteiger partial charge in [0.25, 0.3) is 0 Å². The van der Waals surface area contributed by atoms with E-state index >= 15 is 0 Å². The standard InChI is InChI=1S/C17H14ClN5O3/c1-12(13-2-6-15(7-3-13)23-11-19-21-22-23)20-26-17(24)10-25-16-8-4-14(18)5-9-16/h2-9,11H,10H2,1H3/b20-12-. The Bertz CT molecular complexity index is 893. The van der Waals surface area contributed by atoms with Crippen LogP contribution < -0.4 is 4.74 Å². The van der Waals surface area contributed by atoms with Crippen molar-refractivity contribution in [2.45, 2.75) is 6.92 Å². The van der Waals surface area contributed by atoms with Crippen LogP contribution in [-0.4, -0.2) is 38.5 Å². The summed E-state index contributed by atoms with van der Waals surface area (Å²) in [7, 11) is 0. The quantitative estimate of drug-likeness (QED) is 0.376. The van der Waals surface area contributed by atoms with Gasteiger partial charge in [-0.1, -0.05) is 28.9 Å². The Kier molecular flexibility index (Phi) is 5.55. The van der Waals surface area contributed by atoms with Crippen molar-refractivity contribution in [3.63, 3.8) is 0 Å². The van der Waals surface area contributed by atoms with E-state index in [0.717, 1.165) is 11.3 Å². The molecule has 1 aromatic heterocycles. The highest BCUT2D eigenvalue weighted by atomic mass is 35.5. The van der Waals surface area contributed by atoms with Crippen molar-refractivity contribution in [1.29, 1.82) is 0 Å². The molecular weight excluding hydrogens is 358 g/mol. The first kappa shape index (κ1) is 17.6. The number of benzene rings is 2. The molecule has 0 saturated heterocycles. The predicted molar refractivity (Wildman–Crippen MR) is 94.4 cm³/mol. The number of nitrogens with zero attached hydrogens (tertiary/aromatic N) is 5. The average molecular weight is 372 g/mol. The molecule has 132 valence electrons. The number of ether oxygens (including phenoxy) is 1. The summed E-state index contributed by atoms with van der Waals surface area (Å²) in [5, 5.41) is 15.4. The van der Waals surface area contributed by atoms with Crippen LogP contribution in [0.2, 0.25) is 5.02 Å². The SMILES string of the molecule is C/C(=N/OC(=O)COc1ccc(Cl)cc1)c1ccc(-n2cnnn2)cc1. The van der Waals surface area contributed by atoms with E-state index in [-0.39, 0.29) is 6.61 Å². The van der Waals surface area contributed by atoms with Crippen LogP contribution in [0.15, 0.2) is 60.0 Å². The Morgan fingerprint density at radius 3 is 2.54 bits per heavy atom. The molecule has 0 unspecified atom stereocenters. The molecule has 0 fully saturated rings. The van der Waals surface area contributed by atoms with Crippen LogP contribution in [0.5, 0.6) is 5.75 Å². The third-order valence-electron chi connectivity index (χ3n) is 3.35. The number of aromatic nitrogens is 4. The van der Waals surface area contributed by atoms with E-state index in [9.17, 15) is 4.79 Å². The molecule has 1 heterocycles. The van der Waals surface area contributed by atoms with Crippen molar-refractivity contribution in [3.8, 4) is 11.4 Å². The summed E-state index contributed by atoms with van der Waals surface area (Å²) in [4.78, 5) is 16.6. The molecule has 0 atom stereocenters. The molecule has 0 aliphatic carbocycles. The smallest absolute Gasteiger partial charge is 0.372 e. The number of carbonyl (C=O) groups excluding carboxylic acids is 1. The van der Waals surface area contributed by atoms with Crippen LogP contribution >= 0.6 is 11.6 Å². The van der Waals surface area contributed by atoms with Crippen molar-refractivity contribution in [2.24, 2.45) is 5.16 Å². The van der Waals surface area contributed by atoms with E-state index in [2.05, 4.69) is 20.7 Å². The fourth-order valence-corrected chi connectivity index (χ4v) is 2.13. The molecule has 2 aromatic carbocycles. The zero-order chi connectivity index (χ0) is 18.4. The van der Waals surface area contributed by atoms with Gasteiger partial charge in [0.1, 0.15) is 12.1 Å². The molecule has 9 heteroatoms. The first-order valence-corrected chi connectivity index (χ1v) is 7.96. The molecule has 0 saturated carbocycles. The third kappa shape index (κ3) is 4.64. The summed E-state index contributed by atoms with van der Waals surface area (Å²) in [6.07, 6.45) is 1.50. The number of carbonyl (C=O) groups is 1. The Hall–Kier alpha value is -3.26. The number of rotatable bonds is 6. The van der Waals surface area contributed by atoms with Crippen LogP contribution in [0.3, 0.4) is 0 Å². The van der Waals surface area contributed by atoms with Gasteiger partial charge in [-0.15, -0.1) is 5.10 Å². The fraction of sp³-hybridized carbons (Fsp3) is 0.118. The molecule has 0 spiro atoms. The number of tetrazole rings is 1. The van der Waals surface area contributed by atoms with Gasteiger partial charge in [-0.25, -0.2) is 9.48 Å². The van der Waals surface area contributed by atoms with Crippen molar-refractivity contribution in [2.75, 3.05) is 6.61 Å². The molecule has 0 aliphatic rings. The Labute approximate surface area is 154 Å². The van der Waals surface area contributed by atoms with Gasteiger partial charge in [0.2, 0.25) is 0 Å². The van der Waals surface area contributed by atoms with Gasteiger partial charge in [0, 0.05) is 5.02 Å². The Morgan fingerprint density at radius 1 is 1.15 bits per heavy atom. The zero-order valence-electron chi connectivity index (χ0n) is 13.7. The van der Waals surface area contributed by atoms with Crippen LogP contribution in [0.25, 0.3) is 5.69 Å². The molecule has 0 aliphatic heterocycles. The lowest BCUT2D eigenvalue weighted by Gasteiger charge is -2.05. The van der Waals surface area contributed by atoms with Crippen LogP contribution in [0.4, 0.5) is 0 Å². The van der Waals surface area contributed by atoms with Gasteiger partial charge < -0.3 is 9.57 Å². The molecule has 0 amide bonds. The molecular formula is C17H14ClN5O3. The maximum atomic E-state index is 11.7. The highest BCUT2D eigenvalue weighted by Gasteiger charge is 2.06. The van der Waals surface area contributed by atoms with Gasteiger partial charge in [0.05, 0.1) is 11.4 Å². The van der Waals surface area contributed by atoms with Crippen molar-refractivity contribution >= 4 is 23.3 Å². The first-order chi connectivity index (χ1) is 12.6. The van der Waals surface area contributed by atoms with Gasteiger partial charge >= 0.3 is 5.97 Å². The van der Waals surface area contributed by atoms with E-state index in [1.807, 2.05) is 24.3 Å². The molecule has 0 bridgehead atoms. The summed E-state index contributed by atoms with van der Waals surface area (Å²) >= 11 is 5.78. The molecule has 3 rings (SSSR count). The second-order valence-electron chi connectivity index (χ2n) is 5.18.